The van der Waals surface area contributed by atoms with Gasteiger partial charge in [-0.15, -0.1) is 0 Å². The Hall–Kier alpha value is -3.54. The Labute approximate surface area is 258 Å². The Morgan fingerprint density at radius 2 is 1.09 bits per heavy atom. The van der Waals surface area contributed by atoms with Crippen molar-refractivity contribution in [2.24, 2.45) is 11.3 Å². The second-order valence-corrected chi connectivity index (χ2v) is 13.3. The van der Waals surface area contributed by atoms with Crippen molar-refractivity contribution in [2.75, 3.05) is 26.4 Å². The Morgan fingerprint density at radius 3 is 1.42 bits per heavy atom. The summed E-state index contributed by atoms with van der Waals surface area (Å²) < 4.78 is 22.7. The molecule has 234 valence electrons. The van der Waals surface area contributed by atoms with Crippen LogP contribution in [0, 0.1) is 39.0 Å². The van der Waals surface area contributed by atoms with Gasteiger partial charge in [0.25, 0.3) is 0 Å². The topological polar surface area (TPSA) is 71.1 Å². The average molecular weight is 591 g/mol. The molecule has 2 aromatic rings. The van der Waals surface area contributed by atoms with E-state index in [9.17, 15) is 9.59 Å². The van der Waals surface area contributed by atoms with Crippen LogP contribution in [0.25, 0.3) is 0 Å². The zero-order valence-electron chi connectivity index (χ0n) is 27.7. The van der Waals surface area contributed by atoms with Crippen LogP contribution >= 0.6 is 0 Å². The van der Waals surface area contributed by atoms with Crippen LogP contribution in [0.3, 0.4) is 0 Å². The minimum Gasteiger partial charge on any atom is -0.489 e. The number of benzene rings is 2. The first-order chi connectivity index (χ1) is 20.1. The van der Waals surface area contributed by atoms with Crippen LogP contribution in [0.15, 0.2) is 48.6 Å². The smallest absolute Gasteiger partial charge is 0.333 e. The van der Waals surface area contributed by atoms with Gasteiger partial charge in [-0.05, 0) is 106 Å². The number of aryl methyl sites for hydroxylation is 4. The quantitative estimate of drug-likeness (QED) is 0.142. The van der Waals surface area contributed by atoms with Crippen molar-refractivity contribution in [3.63, 3.8) is 0 Å². The molecule has 0 saturated heterocycles. The van der Waals surface area contributed by atoms with Crippen LogP contribution in [0.2, 0.25) is 0 Å². The van der Waals surface area contributed by atoms with E-state index in [-0.39, 0.29) is 37.3 Å². The average Bonchev–Trinajstić information content (AvgIpc) is 2.89. The molecule has 1 aliphatic rings. The number of ether oxygens (including phenoxy) is 4. The van der Waals surface area contributed by atoms with Gasteiger partial charge >= 0.3 is 11.9 Å². The summed E-state index contributed by atoms with van der Waals surface area (Å²) >= 11 is 0. The molecule has 0 amide bonds. The van der Waals surface area contributed by atoms with E-state index >= 15 is 0 Å². The van der Waals surface area contributed by atoms with Gasteiger partial charge in [-0.1, -0.05) is 58.2 Å². The molecule has 0 heterocycles. The minimum atomic E-state index is -0.406. The summed E-state index contributed by atoms with van der Waals surface area (Å²) in [5.74, 6) is 1.39. The largest absolute Gasteiger partial charge is 0.489 e. The fraction of sp³-hybridized carbons (Fsp3) is 0.514. The Kier molecular flexibility index (Phi) is 10.9. The predicted octanol–water partition coefficient (Wildman–Crippen LogP) is 8.05. The van der Waals surface area contributed by atoms with E-state index in [0.29, 0.717) is 17.1 Å². The summed E-state index contributed by atoms with van der Waals surface area (Å²) in [6.07, 6.45) is 3.25. The van der Waals surface area contributed by atoms with E-state index in [0.717, 1.165) is 46.6 Å². The molecule has 0 aromatic heterocycles. The predicted molar refractivity (Wildman–Crippen MR) is 172 cm³/mol. The van der Waals surface area contributed by atoms with Crippen molar-refractivity contribution < 1.29 is 28.5 Å². The molecule has 1 saturated carbocycles. The molecule has 6 heteroatoms. The highest BCUT2D eigenvalue weighted by Crippen LogP contribution is 2.54. The van der Waals surface area contributed by atoms with Crippen molar-refractivity contribution in [1.82, 2.24) is 0 Å². The molecule has 0 spiro atoms. The van der Waals surface area contributed by atoms with Gasteiger partial charge in [-0.25, -0.2) is 9.59 Å². The highest BCUT2D eigenvalue weighted by Gasteiger charge is 2.45. The number of carbonyl (C=O) groups excluding carboxylic acids is 2. The van der Waals surface area contributed by atoms with Gasteiger partial charge in [0.15, 0.2) is 0 Å². The van der Waals surface area contributed by atoms with E-state index in [4.69, 9.17) is 18.9 Å². The van der Waals surface area contributed by atoms with E-state index in [1.807, 2.05) is 0 Å². The van der Waals surface area contributed by atoms with Crippen LogP contribution in [-0.4, -0.2) is 38.4 Å². The normalized spacial score (nSPS) is 17.1. The molecule has 43 heavy (non-hydrogen) atoms. The Bertz CT molecular complexity index is 1250. The summed E-state index contributed by atoms with van der Waals surface area (Å²) in [5.41, 5.74) is 7.57. The van der Waals surface area contributed by atoms with Gasteiger partial charge < -0.3 is 18.9 Å². The number of carbonyl (C=O) groups is 2. The van der Waals surface area contributed by atoms with Crippen LogP contribution < -0.4 is 9.47 Å². The first-order valence-corrected chi connectivity index (χ1v) is 15.2. The molecule has 6 nitrogen and oxygen atoms in total. The van der Waals surface area contributed by atoms with Gasteiger partial charge in [0.05, 0.1) is 0 Å². The SMILES string of the molecule is C=C(C)C(=O)OCCOc1c(C)cc(C2(c3cc(C)c(OCCOC(=O)C(=C)C)c(C)c3)CC(C)CC(C)(C)C2)cc1C. The summed E-state index contributed by atoms with van der Waals surface area (Å²) in [6.45, 7) is 26.9. The van der Waals surface area contributed by atoms with Crippen LogP contribution in [0.1, 0.15) is 87.3 Å². The third-order valence-corrected chi connectivity index (χ3v) is 8.23. The molecule has 0 bridgehead atoms. The monoisotopic (exact) mass is 590 g/mol. The van der Waals surface area contributed by atoms with Crippen LogP contribution in [0.4, 0.5) is 0 Å². The lowest BCUT2D eigenvalue weighted by Crippen LogP contribution is -2.41. The Morgan fingerprint density at radius 1 is 0.721 bits per heavy atom. The van der Waals surface area contributed by atoms with E-state index in [2.05, 4.69) is 85.9 Å². The molecule has 1 aliphatic carbocycles. The fourth-order valence-corrected chi connectivity index (χ4v) is 6.89. The maximum absolute atomic E-state index is 11.7. The van der Waals surface area contributed by atoms with Crippen molar-refractivity contribution >= 4 is 11.9 Å². The second kappa shape index (κ2) is 13.8. The lowest BCUT2D eigenvalue weighted by molar-refractivity contribution is -0.140. The minimum absolute atomic E-state index is 0.159. The molecule has 1 atom stereocenters. The molecular formula is C37H50O6. The number of hydrogen-bond acceptors (Lipinski definition) is 6. The fourth-order valence-electron chi connectivity index (χ4n) is 6.89. The molecule has 3 rings (SSSR count). The highest BCUT2D eigenvalue weighted by atomic mass is 16.6. The Balaban J connectivity index is 1.95. The number of rotatable bonds is 12. The van der Waals surface area contributed by atoms with E-state index < -0.39 is 11.9 Å². The maximum Gasteiger partial charge on any atom is 0.333 e. The van der Waals surface area contributed by atoms with Crippen molar-refractivity contribution in [1.29, 1.82) is 0 Å². The summed E-state index contributed by atoms with van der Waals surface area (Å²) in [6, 6.07) is 9.12. The molecule has 2 aromatic carbocycles. The lowest BCUT2D eigenvalue weighted by Gasteiger charge is -2.49. The molecule has 1 unspecified atom stereocenters. The van der Waals surface area contributed by atoms with Crippen molar-refractivity contribution in [3.8, 4) is 11.5 Å². The zero-order valence-corrected chi connectivity index (χ0v) is 27.7. The van der Waals surface area contributed by atoms with Crippen LogP contribution in [0.5, 0.6) is 11.5 Å². The highest BCUT2D eigenvalue weighted by molar-refractivity contribution is 5.87. The first kappa shape index (κ1) is 34.0. The van der Waals surface area contributed by atoms with Gasteiger partial charge in [0, 0.05) is 16.6 Å². The molecule has 0 N–H and O–H groups in total. The van der Waals surface area contributed by atoms with Gasteiger partial charge in [0.1, 0.15) is 37.9 Å². The van der Waals surface area contributed by atoms with Crippen LogP contribution in [-0.2, 0) is 24.5 Å². The van der Waals surface area contributed by atoms with Gasteiger partial charge in [0.2, 0.25) is 0 Å². The number of hydrogen-bond donors (Lipinski definition) is 0. The summed E-state index contributed by atoms with van der Waals surface area (Å²) in [5, 5.41) is 0. The molecule has 1 fully saturated rings. The van der Waals surface area contributed by atoms with Crippen molar-refractivity contribution in [3.05, 3.63) is 82.0 Å². The first-order valence-electron chi connectivity index (χ1n) is 15.2. The third kappa shape index (κ3) is 8.31. The van der Waals surface area contributed by atoms with Gasteiger partial charge in [-0.2, -0.15) is 0 Å². The van der Waals surface area contributed by atoms with E-state index in [1.54, 1.807) is 13.8 Å². The lowest BCUT2D eigenvalue weighted by atomic mass is 9.55. The molecule has 0 radical (unpaired) electrons. The molecule has 0 aliphatic heterocycles. The third-order valence-electron chi connectivity index (χ3n) is 8.23. The standard InChI is InChI=1S/C37H50O6/c1-23(2)34(38)42-14-12-40-32-26(6)16-30(17-27(32)7)37(21-25(5)20-36(10,11)22-37)31-18-28(8)33(29(9)19-31)41-13-15-43-35(39)24(3)4/h16-19,25H,1,3,12-15,20-22H2,2,4-11H3. The maximum atomic E-state index is 11.7. The zero-order chi connectivity index (χ0) is 32.1. The molecular weight excluding hydrogens is 540 g/mol. The number of esters is 2. The van der Waals surface area contributed by atoms with Gasteiger partial charge in [-0.3, -0.25) is 0 Å². The summed E-state index contributed by atoms with van der Waals surface area (Å²) in [4.78, 5) is 23.5. The van der Waals surface area contributed by atoms with E-state index in [1.165, 1.54) is 17.5 Å². The van der Waals surface area contributed by atoms with Crippen molar-refractivity contribution in [2.45, 2.75) is 87.0 Å². The summed E-state index contributed by atoms with van der Waals surface area (Å²) in [7, 11) is 0. The second-order valence-electron chi connectivity index (χ2n) is 13.3.